The molecule has 1 amide bonds. The summed E-state index contributed by atoms with van der Waals surface area (Å²) in [6.45, 7) is 16.2. The molecule has 0 saturated carbocycles. The highest BCUT2D eigenvalue weighted by atomic mass is 127. The van der Waals surface area contributed by atoms with E-state index in [-0.39, 0.29) is 6.09 Å². The molecule has 1 fully saturated rings. The van der Waals surface area contributed by atoms with Crippen LogP contribution in [-0.4, -0.2) is 47.2 Å². The Bertz CT molecular complexity index is 693. The fourth-order valence-electron chi connectivity index (χ4n) is 4.38. The highest BCUT2D eigenvalue weighted by molar-refractivity contribution is 14.1. The standard InChI is InChI=1S/C26H43IN2O2/c1-7-13-29(25(30)31-26(4,5)6)19-20(3)16-22-9-10-24(23(8-2)17-22)28-14-11-21(18-27)12-15-28/h9-10,17,20-21H,7-8,11-16,18-19H2,1-6H3. The average molecular weight is 543 g/mol. The Hall–Kier alpha value is -0.980. The number of carbonyl (C=O) groups is 1. The lowest BCUT2D eigenvalue weighted by Gasteiger charge is -2.34. The highest BCUT2D eigenvalue weighted by Gasteiger charge is 2.24. The molecule has 31 heavy (non-hydrogen) atoms. The van der Waals surface area contributed by atoms with Crippen LogP contribution in [0.3, 0.4) is 0 Å². The van der Waals surface area contributed by atoms with Crippen LogP contribution in [0.1, 0.15) is 71.9 Å². The zero-order valence-corrected chi connectivity index (χ0v) is 22.7. The summed E-state index contributed by atoms with van der Waals surface area (Å²) in [5, 5.41) is 0. The molecule has 0 radical (unpaired) electrons. The van der Waals surface area contributed by atoms with Gasteiger partial charge in [0.25, 0.3) is 0 Å². The number of amides is 1. The molecule has 2 rings (SSSR count). The van der Waals surface area contributed by atoms with E-state index in [1.807, 2.05) is 25.7 Å². The second-order valence-electron chi connectivity index (χ2n) is 10.1. The molecule has 5 heteroatoms. The maximum Gasteiger partial charge on any atom is 0.410 e. The number of alkyl halides is 1. The van der Waals surface area contributed by atoms with E-state index in [0.29, 0.717) is 5.92 Å². The van der Waals surface area contributed by atoms with Gasteiger partial charge in [0.15, 0.2) is 0 Å². The quantitative estimate of drug-likeness (QED) is 0.256. The second kappa shape index (κ2) is 12.3. The summed E-state index contributed by atoms with van der Waals surface area (Å²) in [6, 6.07) is 7.03. The van der Waals surface area contributed by atoms with Crippen LogP contribution in [0.25, 0.3) is 0 Å². The molecule has 1 heterocycles. The number of ether oxygens (including phenoxy) is 1. The van der Waals surface area contributed by atoms with Gasteiger partial charge in [0.1, 0.15) is 5.60 Å². The van der Waals surface area contributed by atoms with Gasteiger partial charge in [-0.1, -0.05) is 55.5 Å². The van der Waals surface area contributed by atoms with Crippen LogP contribution in [0, 0.1) is 11.8 Å². The van der Waals surface area contributed by atoms with E-state index in [1.54, 1.807) is 0 Å². The van der Waals surface area contributed by atoms with E-state index in [1.165, 1.54) is 47.2 Å². The summed E-state index contributed by atoms with van der Waals surface area (Å²) in [4.78, 5) is 17.1. The Balaban J connectivity index is 2.02. The zero-order valence-electron chi connectivity index (χ0n) is 20.5. The van der Waals surface area contributed by atoms with Gasteiger partial charge in [0.05, 0.1) is 0 Å². The summed E-state index contributed by atoms with van der Waals surface area (Å²) in [7, 11) is 0. The average Bonchev–Trinajstić information content (AvgIpc) is 2.72. The zero-order chi connectivity index (χ0) is 23.0. The van der Waals surface area contributed by atoms with Crippen LogP contribution in [0.4, 0.5) is 10.5 Å². The van der Waals surface area contributed by atoms with Gasteiger partial charge in [-0.2, -0.15) is 0 Å². The molecule has 4 nitrogen and oxygen atoms in total. The van der Waals surface area contributed by atoms with Crippen LogP contribution in [-0.2, 0) is 17.6 Å². The molecule has 1 aliphatic heterocycles. The number of hydrogen-bond acceptors (Lipinski definition) is 3. The van der Waals surface area contributed by atoms with Crippen molar-refractivity contribution in [2.24, 2.45) is 11.8 Å². The molecule has 1 unspecified atom stereocenters. The lowest BCUT2D eigenvalue weighted by molar-refractivity contribution is 0.0224. The Kier molecular flexibility index (Phi) is 10.4. The monoisotopic (exact) mass is 542 g/mol. The van der Waals surface area contributed by atoms with E-state index in [0.717, 1.165) is 38.3 Å². The number of aryl methyl sites for hydroxylation is 1. The normalized spacial score (nSPS) is 16.3. The molecule has 1 aromatic rings. The predicted octanol–water partition coefficient (Wildman–Crippen LogP) is 6.73. The fourth-order valence-corrected chi connectivity index (χ4v) is 5.26. The Labute approximate surface area is 204 Å². The molecule has 0 spiro atoms. The summed E-state index contributed by atoms with van der Waals surface area (Å²) >= 11 is 2.53. The van der Waals surface area contributed by atoms with Gasteiger partial charge in [0, 0.05) is 36.3 Å². The van der Waals surface area contributed by atoms with Crippen molar-refractivity contribution in [3.8, 4) is 0 Å². The van der Waals surface area contributed by atoms with Crippen LogP contribution >= 0.6 is 22.6 Å². The fraction of sp³-hybridized carbons (Fsp3) is 0.731. The number of anilines is 1. The van der Waals surface area contributed by atoms with Crippen molar-refractivity contribution in [2.75, 3.05) is 35.5 Å². The Morgan fingerprint density at radius 1 is 1.26 bits per heavy atom. The van der Waals surface area contributed by atoms with Crippen LogP contribution in [0.15, 0.2) is 18.2 Å². The second-order valence-corrected chi connectivity index (χ2v) is 11.0. The number of halogens is 1. The van der Waals surface area contributed by atoms with Gasteiger partial charge in [-0.25, -0.2) is 4.79 Å². The molecule has 1 saturated heterocycles. The maximum absolute atomic E-state index is 12.6. The van der Waals surface area contributed by atoms with Crippen LogP contribution in [0.2, 0.25) is 0 Å². The minimum atomic E-state index is -0.455. The van der Waals surface area contributed by atoms with Gasteiger partial charge < -0.3 is 14.5 Å². The van der Waals surface area contributed by atoms with Crippen molar-refractivity contribution in [3.63, 3.8) is 0 Å². The minimum Gasteiger partial charge on any atom is -0.444 e. The molecule has 1 aliphatic rings. The molecular weight excluding hydrogens is 499 g/mol. The van der Waals surface area contributed by atoms with Crippen molar-refractivity contribution in [1.29, 1.82) is 0 Å². The van der Waals surface area contributed by atoms with Gasteiger partial charge >= 0.3 is 6.09 Å². The maximum atomic E-state index is 12.6. The van der Waals surface area contributed by atoms with Gasteiger partial charge in [-0.05, 0) is 81.9 Å². The summed E-state index contributed by atoms with van der Waals surface area (Å²) in [5.74, 6) is 1.27. The third-order valence-electron chi connectivity index (χ3n) is 5.96. The first-order valence-corrected chi connectivity index (χ1v) is 13.6. The minimum absolute atomic E-state index is 0.194. The first kappa shape index (κ1) is 26.3. The van der Waals surface area contributed by atoms with Crippen molar-refractivity contribution >= 4 is 34.4 Å². The number of benzene rings is 1. The number of hydrogen-bond donors (Lipinski definition) is 0. The van der Waals surface area contributed by atoms with Crippen molar-refractivity contribution in [2.45, 2.75) is 79.2 Å². The first-order valence-electron chi connectivity index (χ1n) is 12.1. The van der Waals surface area contributed by atoms with Crippen LogP contribution < -0.4 is 4.90 Å². The molecule has 0 aliphatic carbocycles. The Morgan fingerprint density at radius 3 is 2.48 bits per heavy atom. The first-order chi connectivity index (χ1) is 14.7. The Morgan fingerprint density at radius 2 is 1.94 bits per heavy atom. The molecule has 176 valence electrons. The van der Waals surface area contributed by atoms with Crippen molar-refractivity contribution < 1.29 is 9.53 Å². The SMILES string of the molecule is CCCN(CC(C)Cc1ccc(N2CCC(CI)CC2)c(CC)c1)C(=O)OC(C)(C)C. The van der Waals surface area contributed by atoms with E-state index in [9.17, 15) is 4.79 Å². The summed E-state index contributed by atoms with van der Waals surface area (Å²) in [5.41, 5.74) is 3.79. The van der Waals surface area contributed by atoms with E-state index in [2.05, 4.69) is 66.5 Å². The van der Waals surface area contributed by atoms with Crippen molar-refractivity contribution in [3.05, 3.63) is 29.3 Å². The third-order valence-corrected chi connectivity index (χ3v) is 7.21. The molecule has 0 N–H and O–H groups in total. The summed E-state index contributed by atoms with van der Waals surface area (Å²) in [6.07, 6.45) is 5.40. The van der Waals surface area contributed by atoms with Gasteiger partial charge in [-0.3, -0.25) is 0 Å². The third kappa shape index (κ3) is 8.47. The number of piperidine rings is 1. The van der Waals surface area contributed by atoms with Gasteiger partial charge in [0.2, 0.25) is 0 Å². The number of nitrogens with zero attached hydrogens (tertiary/aromatic N) is 2. The lowest BCUT2D eigenvalue weighted by atomic mass is 9.95. The summed E-state index contributed by atoms with van der Waals surface area (Å²) < 4.78 is 6.90. The smallest absolute Gasteiger partial charge is 0.410 e. The molecular formula is C26H43IN2O2. The molecule has 0 aromatic heterocycles. The van der Waals surface area contributed by atoms with Crippen LogP contribution in [0.5, 0.6) is 0 Å². The molecule has 1 atom stereocenters. The number of rotatable bonds is 9. The molecule has 0 bridgehead atoms. The lowest BCUT2D eigenvalue weighted by Crippen LogP contribution is -2.40. The van der Waals surface area contributed by atoms with E-state index in [4.69, 9.17) is 4.74 Å². The predicted molar refractivity (Wildman–Crippen MR) is 141 cm³/mol. The van der Waals surface area contributed by atoms with E-state index < -0.39 is 5.60 Å². The molecule has 1 aromatic carbocycles. The number of carbonyl (C=O) groups excluding carboxylic acids is 1. The van der Waals surface area contributed by atoms with Gasteiger partial charge in [-0.15, -0.1) is 0 Å². The largest absolute Gasteiger partial charge is 0.444 e. The highest BCUT2D eigenvalue weighted by Crippen LogP contribution is 2.29. The van der Waals surface area contributed by atoms with E-state index >= 15 is 0 Å². The van der Waals surface area contributed by atoms with Crippen molar-refractivity contribution in [1.82, 2.24) is 4.90 Å². The topological polar surface area (TPSA) is 32.8 Å².